The van der Waals surface area contributed by atoms with Gasteiger partial charge in [-0.25, -0.2) is 10.8 Å². The fourth-order valence-corrected chi connectivity index (χ4v) is 1.67. The number of hydrogen-bond acceptors (Lipinski definition) is 9. The Hall–Kier alpha value is -3.08. The Labute approximate surface area is 119 Å². The summed E-state index contributed by atoms with van der Waals surface area (Å²) in [7, 11) is 1.85. The van der Waals surface area contributed by atoms with E-state index in [1.54, 1.807) is 10.9 Å². The predicted molar refractivity (Wildman–Crippen MR) is 73.1 cm³/mol. The molecule has 3 aromatic heterocycles. The highest BCUT2D eigenvalue weighted by Crippen LogP contribution is 2.08. The number of nitrogens with two attached hydrogens (primary N) is 1. The van der Waals surface area contributed by atoms with Gasteiger partial charge in [0.25, 0.3) is 5.95 Å². The van der Waals surface area contributed by atoms with Crippen LogP contribution in [0, 0.1) is 0 Å². The van der Waals surface area contributed by atoms with Crippen molar-refractivity contribution in [3.63, 3.8) is 0 Å². The predicted octanol–water partition coefficient (Wildman–Crippen LogP) is -0.916. The first-order chi connectivity index (χ1) is 10.2. The number of nitrogens with zero attached hydrogens (tertiary/aromatic N) is 8. The van der Waals surface area contributed by atoms with E-state index in [0.717, 1.165) is 5.56 Å². The Bertz CT molecular complexity index is 716. The van der Waals surface area contributed by atoms with E-state index >= 15 is 0 Å². The topological polar surface area (TPSA) is 137 Å². The van der Waals surface area contributed by atoms with E-state index in [1.807, 2.05) is 13.2 Å². The molecule has 108 valence electrons. The Morgan fingerprint density at radius 1 is 1.19 bits per heavy atom. The number of aromatic nitrogens is 8. The highest BCUT2D eigenvalue weighted by Gasteiger charge is 2.08. The van der Waals surface area contributed by atoms with Gasteiger partial charge in [-0.2, -0.15) is 29.8 Å². The molecule has 0 saturated heterocycles. The summed E-state index contributed by atoms with van der Waals surface area (Å²) in [5, 5.41) is 11.1. The first kappa shape index (κ1) is 12.9. The molecule has 4 N–H and O–H groups in total. The van der Waals surface area contributed by atoms with Gasteiger partial charge in [0.1, 0.15) is 12.7 Å². The summed E-state index contributed by atoms with van der Waals surface area (Å²) in [4.78, 5) is 16.3. The van der Waals surface area contributed by atoms with Crippen molar-refractivity contribution >= 4 is 11.9 Å². The highest BCUT2D eigenvalue weighted by molar-refractivity contribution is 5.37. The molecular weight excluding hydrogens is 274 g/mol. The number of hydrazine groups is 1. The molecule has 0 aliphatic rings. The maximum absolute atomic E-state index is 5.36. The minimum absolute atomic E-state index is 0.226. The minimum atomic E-state index is 0.226. The average molecular weight is 287 g/mol. The van der Waals surface area contributed by atoms with Crippen LogP contribution in [0.2, 0.25) is 0 Å². The van der Waals surface area contributed by atoms with Gasteiger partial charge >= 0.3 is 0 Å². The molecule has 3 heterocycles. The van der Waals surface area contributed by atoms with Gasteiger partial charge in [-0.05, 0) is 0 Å². The summed E-state index contributed by atoms with van der Waals surface area (Å²) in [6, 6.07) is 0. The largest absolute Gasteiger partial charge is 0.350 e. The van der Waals surface area contributed by atoms with Crippen LogP contribution in [0.4, 0.5) is 11.9 Å². The van der Waals surface area contributed by atoms with E-state index < -0.39 is 0 Å². The molecule has 21 heavy (non-hydrogen) atoms. The first-order valence-corrected chi connectivity index (χ1v) is 6.03. The van der Waals surface area contributed by atoms with E-state index in [-0.39, 0.29) is 5.95 Å². The van der Waals surface area contributed by atoms with Crippen molar-refractivity contribution in [2.45, 2.75) is 6.54 Å². The van der Waals surface area contributed by atoms with Gasteiger partial charge in [0, 0.05) is 25.4 Å². The normalized spacial score (nSPS) is 10.6. The number of nitrogens with one attached hydrogen (secondary N) is 2. The van der Waals surface area contributed by atoms with Crippen molar-refractivity contribution < 1.29 is 0 Å². The second-order valence-corrected chi connectivity index (χ2v) is 4.14. The lowest BCUT2D eigenvalue weighted by Crippen LogP contribution is -2.16. The van der Waals surface area contributed by atoms with Crippen LogP contribution < -0.4 is 16.6 Å². The molecule has 0 bridgehead atoms. The zero-order valence-corrected chi connectivity index (χ0v) is 11.2. The lowest BCUT2D eigenvalue weighted by molar-refractivity contribution is 0.767. The van der Waals surface area contributed by atoms with Gasteiger partial charge in [0.15, 0.2) is 0 Å². The zero-order valence-electron chi connectivity index (χ0n) is 11.2. The second kappa shape index (κ2) is 5.50. The van der Waals surface area contributed by atoms with Crippen molar-refractivity contribution in [1.82, 2.24) is 39.5 Å². The molecule has 0 aromatic carbocycles. The number of nitrogen functional groups attached to an aromatic ring is 1. The number of anilines is 2. The lowest BCUT2D eigenvalue weighted by atomic mass is 10.4. The van der Waals surface area contributed by atoms with Gasteiger partial charge in [-0.3, -0.25) is 10.1 Å². The third-order valence-corrected chi connectivity index (χ3v) is 2.59. The smallest absolute Gasteiger partial charge is 0.258 e. The molecule has 0 amide bonds. The van der Waals surface area contributed by atoms with Gasteiger partial charge < -0.3 is 5.32 Å². The molecule has 0 aliphatic carbocycles. The monoisotopic (exact) mass is 287 g/mol. The van der Waals surface area contributed by atoms with Gasteiger partial charge in [-0.1, -0.05) is 0 Å². The number of aryl methyl sites for hydroxylation is 1. The van der Waals surface area contributed by atoms with Crippen LogP contribution >= 0.6 is 0 Å². The molecule has 0 unspecified atom stereocenters. The Morgan fingerprint density at radius 2 is 2.05 bits per heavy atom. The molecule has 0 saturated carbocycles. The summed E-state index contributed by atoms with van der Waals surface area (Å²) in [6.45, 7) is 0.526. The van der Waals surface area contributed by atoms with Crippen LogP contribution in [0.1, 0.15) is 5.56 Å². The van der Waals surface area contributed by atoms with E-state index in [4.69, 9.17) is 5.84 Å². The summed E-state index contributed by atoms with van der Waals surface area (Å²) >= 11 is 0. The van der Waals surface area contributed by atoms with Crippen molar-refractivity contribution in [1.29, 1.82) is 0 Å². The average Bonchev–Trinajstić information content (AvgIpc) is 3.16. The quantitative estimate of drug-likeness (QED) is 0.402. The SMILES string of the molecule is Cn1cc(CNc2nc(NN)nc(-n3cncn3)n2)cn1. The first-order valence-electron chi connectivity index (χ1n) is 6.03. The summed E-state index contributed by atoms with van der Waals surface area (Å²) in [5.74, 6) is 6.27. The third-order valence-electron chi connectivity index (χ3n) is 2.59. The molecule has 0 spiro atoms. The molecule has 0 radical (unpaired) electrons. The lowest BCUT2D eigenvalue weighted by Gasteiger charge is -2.07. The van der Waals surface area contributed by atoms with Crippen molar-refractivity contribution in [3.8, 4) is 5.95 Å². The van der Waals surface area contributed by atoms with Crippen LogP contribution in [0.25, 0.3) is 5.95 Å². The summed E-state index contributed by atoms with van der Waals surface area (Å²) in [5.41, 5.74) is 3.39. The highest BCUT2D eigenvalue weighted by atomic mass is 15.4. The molecule has 0 fully saturated rings. The molecule has 11 nitrogen and oxygen atoms in total. The van der Waals surface area contributed by atoms with Crippen molar-refractivity contribution in [3.05, 3.63) is 30.6 Å². The van der Waals surface area contributed by atoms with Gasteiger partial charge in [0.2, 0.25) is 11.9 Å². The maximum atomic E-state index is 5.36. The fourth-order valence-electron chi connectivity index (χ4n) is 1.67. The number of hydrogen-bond donors (Lipinski definition) is 3. The van der Waals surface area contributed by atoms with Gasteiger partial charge in [-0.15, -0.1) is 0 Å². The van der Waals surface area contributed by atoms with E-state index in [0.29, 0.717) is 18.4 Å². The molecule has 3 rings (SSSR count). The van der Waals surface area contributed by atoms with Gasteiger partial charge in [0.05, 0.1) is 6.20 Å². The van der Waals surface area contributed by atoms with Crippen LogP contribution in [-0.4, -0.2) is 39.5 Å². The van der Waals surface area contributed by atoms with Crippen LogP contribution in [0.5, 0.6) is 0 Å². The van der Waals surface area contributed by atoms with Crippen LogP contribution in [0.15, 0.2) is 25.0 Å². The molecule has 11 heteroatoms. The molecular formula is C10H13N11. The van der Waals surface area contributed by atoms with Crippen molar-refractivity contribution in [2.24, 2.45) is 12.9 Å². The van der Waals surface area contributed by atoms with E-state index in [2.05, 4.69) is 40.9 Å². The maximum Gasteiger partial charge on any atom is 0.258 e. The third kappa shape index (κ3) is 2.92. The van der Waals surface area contributed by atoms with E-state index in [1.165, 1.54) is 17.3 Å². The summed E-state index contributed by atoms with van der Waals surface area (Å²) in [6.07, 6.45) is 6.53. The second-order valence-electron chi connectivity index (χ2n) is 4.14. The van der Waals surface area contributed by atoms with Crippen LogP contribution in [-0.2, 0) is 13.6 Å². The fraction of sp³-hybridized carbons (Fsp3) is 0.200. The van der Waals surface area contributed by atoms with Crippen LogP contribution in [0.3, 0.4) is 0 Å². The zero-order chi connectivity index (χ0) is 14.7. The summed E-state index contributed by atoms with van der Waals surface area (Å²) < 4.78 is 3.13. The Balaban J connectivity index is 1.82. The number of rotatable bonds is 5. The minimum Gasteiger partial charge on any atom is -0.350 e. The van der Waals surface area contributed by atoms with Crippen molar-refractivity contribution in [2.75, 3.05) is 10.7 Å². The standard InChI is InChI=1S/C10H13N11/c1-20-4-7(3-14-20)2-13-8-16-9(19-11)18-10(17-8)21-6-12-5-15-21/h3-6H,2,11H2,1H3,(H2,13,16,17,18,19). The van der Waals surface area contributed by atoms with E-state index in [9.17, 15) is 0 Å². The molecule has 3 aromatic rings. The molecule has 0 atom stereocenters. The Kier molecular flexibility index (Phi) is 3.39. The molecule has 0 aliphatic heterocycles. The Morgan fingerprint density at radius 3 is 2.71 bits per heavy atom.